The van der Waals surface area contributed by atoms with Gasteiger partial charge in [-0.15, -0.1) is 0 Å². The quantitative estimate of drug-likeness (QED) is 0.0487. The van der Waals surface area contributed by atoms with E-state index in [1.807, 2.05) is 43.5 Å². The van der Waals surface area contributed by atoms with E-state index in [9.17, 15) is 9.59 Å². The van der Waals surface area contributed by atoms with Crippen LogP contribution in [-0.4, -0.2) is 103 Å². The van der Waals surface area contributed by atoms with Crippen LogP contribution in [-0.2, 0) is 52.8 Å². The second kappa shape index (κ2) is 28.7. The molecule has 0 fully saturated rings. The molecule has 1 atom stereocenters. The Morgan fingerprint density at radius 3 is 1.88 bits per heavy atom. The highest BCUT2D eigenvalue weighted by molar-refractivity contribution is 5.83. The molecule has 60 heavy (non-hydrogen) atoms. The number of nitrogens with one attached hydrogen (secondary N) is 3. The maximum absolute atomic E-state index is 12.5. The smallest absolute Gasteiger partial charge is 0.227 e. The van der Waals surface area contributed by atoms with Gasteiger partial charge in [0.15, 0.2) is 0 Å². The van der Waals surface area contributed by atoms with Crippen molar-refractivity contribution in [1.82, 2.24) is 20.9 Å². The third-order valence-corrected chi connectivity index (χ3v) is 9.68. The number of amides is 2. The molecule has 0 saturated carbocycles. The van der Waals surface area contributed by atoms with Crippen molar-refractivity contribution in [3.8, 4) is 17.0 Å². The van der Waals surface area contributed by atoms with Crippen LogP contribution in [0.4, 0.5) is 0 Å². The number of carbonyl (C=O) groups is 2. The number of carbonyl (C=O) groups excluding carboxylic acids is 2. The van der Waals surface area contributed by atoms with E-state index in [1.54, 1.807) is 0 Å². The molecule has 3 aromatic carbocycles. The number of rotatable bonds is 31. The van der Waals surface area contributed by atoms with E-state index in [0.717, 1.165) is 29.7 Å². The predicted molar refractivity (Wildman–Crippen MR) is 235 cm³/mol. The molecule has 0 aliphatic carbocycles. The fourth-order valence-electron chi connectivity index (χ4n) is 6.24. The summed E-state index contributed by atoms with van der Waals surface area (Å²) in [5.74, 6) is 0.760. The molecular formula is C48H66N4O8. The number of hydrogen-bond donors (Lipinski definition) is 3. The fourth-order valence-corrected chi connectivity index (χ4v) is 6.24. The summed E-state index contributed by atoms with van der Waals surface area (Å²) in [6.45, 7) is 15.6. The zero-order valence-corrected chi connectivity index (χ0v) is 36.0. The van der Waals surface area contributed by atoms with Gasteiger partial charge in [-0.25, -0.2) is 4.98 Å². The average molecular weight is 827 g/mol. The van der Waals surface area contributed by atoms with Gasteiger partial charge in [0.25, 0.3) is 0 Å². The molecule has 0 aliphatic heterocycles. The Kier molecular flexibility index (Phi) is 23.0. The van der Waals surface area contributed by atoms with Crippen LogP contribution >= 0.6 is 0 Å². The summed E-state index contributed by atoms with van der Waals surface area (Å²) >= 11 is 0. The van der Waals surface area contributed by atoms with E-state index in [-0.39, 0.29) is 24.2 Å². The van der Waals surface area contributed by atoms with Crippen LogP contribution in [0.1, 0.15) is 60.9 Å². The first-order chi connectivity index (χ1) is 29.3. The van der Waals surface area contributed by atoms with Crippen LogP contribution in [0, 0.1) is 12.8 Å². The minimum absolute atomic E-state index is 0.0580. The van der Waals surface area contributed by atoms with E-state index >= 15 is 0 Å². The molecule has 12 heteroatoms. The van der Waals surface area contributed by atoms with Gasteiger partial charge in [0.1, 0.15) is 6.61 Å². The summed E-state index contributed by atoms with van der Waals surface area (Å²) in [6, 6.07) is 28.9. The number of pyridine rings is 1. The first-order valence-corrected chi connectivity index (χ1v) is 21.2. The highest BCUT2D eigenvalue weighted by atomic mass is 16.6. The molecule has 326 valence electrons. The lowest BCUT2D eigenvalue weighted by Gasteiger charge is -2.14. The van der Waals surface area contributed by atoms with Gasteiger partial charge in [0.2, 0.25) is 17.7 Å². The molecule has 2 amide bonds. The second-order valence-corrected chi connectivity index (χ2v) is 14.9. The van der Waals surface area contributed by atoms with Crippen LogP contribution in [0.25, 0.3) is 11.1 Å². The molecule has 0 radical (unpaired) electrons. The molecule has 4 aromatic rings. The topological polar surface area (TPSA) is 138 Å². The molecule has 1 unspecified atom stereocenters. The minimum Gasteiger partial charge on any atom is -0.473 e. The van der Waals surface area contributed by atoms with Gasteiger partial charge < -0.3 is 44.4 Å². The number of ether oxygens (including phenoxy) is 6. The summed E-state index contributed by atoms with van der Waals surface area (Å²) in [6.07, 6.45) is 3.10. The third-order valence-electron chi connectivity index (χ3n) is 9.68. The first kappa shape index (κ1) is 48.0. The van der Waals surface area contributed by atoms with E-state index in [1.165, 1.54) is 22.3 Å². The van der Waals surface area contributed by atoms with Crippen LogP contribution in [0.5, 0.6) is 5.88 Å². The Morgan fingerprint density at radius 1 is 0.633 bits per heavy atom. The van der Waals surface area contributed by atoms with Gasteiger partial charge in [-0.1, -0.05) is 92.7 Å². The molecular weight excluding hydrogens is 761 g/mol. The molecule has 0 spiro atoms. The summed E-state index contributed by atoms with van der Waals surface area (Å²) in [5.41, 5.74) is 8.10. The Balaban J connectivity index is 0.869. The molecule has 12 nitrogen and oxygen atoms in total. The third kappa shape index (κ3) is 19.1. The van der Waals surface area contributed by atoms with Gasteiger partial charge in [-0.05, 0) is 65.1 Å². The lowest BCUT2D eigenvalue weighted by atomic mass is 9.96. The van der Waals surface area contributed by atoms with E-state index < -0.39 is 0 Å². The van der Waals surface area contributed by atoms with E-state index in [2.05, 4.69) is 96.3 Å². The molecule has 4 rings (SSSR count). The van der Waals surface area contributed by atoms with Crippen molar-refractivity contribution in [2.75, 3.05) is 85.7 Å². The van der Waals surface area contributed by atoms with Gasteiger partial charge in [-0.2, -0.15) is 0 Å². The van der Waals surface area contributed by atoms with Crippen molar-refractivity contribution < 1.29 is 38.0 Å². The first-order valence-electron chi connectivity index (χ1n) is 21.2. The zero-order valence-electron chi connectivity index (χ0n) is 36.0. The Morgan fingerprint density at radius 2 is 1.25 bits per heavy atom. The normalized spacial score (nSPS) is 11.8. The lowest BCUT2D eigenvalue weighted by Crippen LogP contribution is -2.36. The number of hydrogen-bond acceptors (Lipinski definition) is 10. The molecule has 0 aliphatic rings. The Hall–Kier alpha value is -4.69. The maximum atomic E-state index is 12.5. The maximum Gasteiger partial charge on any atom is 0.227 e. The summed E-state index contributed by atoms with van der Waals surface area (Å²) in [4.78, 5) is 29.1. The van der Waals surface area contributed by atoms with Crippen LogP contribution < -0.4 is 20.7 Å². The minimum atomic E-state index is -0.255. The Labute approximate surface area is 357 Å². The fraction of sp³-hybridized carbons (Fsp3) is 0.479. The average Bonchev–Trinajstić information content (AvgIpc) is 3.26. The Bertz CT molecular complexity index is 1770. The molecule has 0 saturated heterocycles. The standard InChI is InChI=1S/C48H66N4O8/c1-37(2)33-40-13-16-42(17-14-40)39(4)48(54)51-21-20-50-46(53)19-23-55-25-27-57-29-31-59-32-30-58-28-26-56-24-22-49-34-41-15-18-47(52-35-41)60-36-44-11-8-12-45(38(44)3)43-9-6-5-7-10-43/h5-18,35,37,39,49H,19-34,36H2,1-4H3,(H,50,53)(H,51,54). The highest BCUT2D eigenvalue weighted by Crippen LogP contribution is 2.26. The monoisotopic (exact) mass is 826 g/mol. The number of nitrogens with zero attached hydrogens (tertiary/aromatic N) is 1. The van der Waals surface area contributed by atoms with Crippen molar-refractivity contribution in [2.24, 2.45) is 5.92 Å². The number of benzene rings is 3. The molecule has 0 bridgehead atoms. The summed E-state index contributed by atoms with van der Waals surface area (Å²) < 4.78 is 33.8. The second-order valence-electron chi connectivity index (χ2n) is 14.9. The predicted octanol–water partition coefficient (Wildman–Crippen LogP) is 6.43. The van der Waals surface area contributed by atoms with Gasteiger partial charge in [0.05, 0.1) is 72.0 Å². The van der Waals surface area contributed by atoms with E-state index in [4.69, 9.17) is 28.4 Å². The van der Waals surface area contributed by atoms with Gasteiger partial charge in [0, 0.05) is 44.9 Å². The van der Waals surface area contributed by atoms with Crippen molar-refractivity contribution in [2.45, 2.75) is 59.6 Å². The van der Waals surface area contributed by atoms with Crippen LogP contribution in [0.2, 0.25) is 0 Å². The number of aromatic nitrogens is 1. The van der Waals surface area contributed by atoms with Gasteiger partial charge in [-0.3, -0.25) is 9.59 Å². The zero-order chi connectivity index (χ0) is 42.6. The van der Waals surface area contributed by atoms with Crippen molar-refractivity contribution in [1.29, 1.82) is 0 Å². The van der Waals surface area contributed by atoms with E-state index in [0.29, 0.717) is 104 Å². The largest absolute Gasteiger partial charge is 0.473 e. The van der Waals surface area contributed by atoms with Crippen molar-refractivity contribution in [3.05, 3.63) is 119 Å². The van der Waals surface area contributed by atoms with Crippen LogP contribution in [0.3, 0.4) is 0 Å². The van der Waals surface area contributed by atoms with Gasteiger partial charge >= 0.3 is 0 Å². The molecule has 1 aromatic heterocycles. The summed E-state index contributed by atoms with van der Waals surface area (Å²) in [7, 11) is 0. The van der Waals surface area contributed by atoms with Crippen LogP contribution in [0.15, 0.2) is 91.1 Å². The molecule has 1 heterocycles. The van der Waals surface area contributed by atoms with Crippen molar-refractivity contribution >= 4 is 11.8 Å². The summed E-state index contributed by atoms with van der Waals surface area (Å²) in [5, 5.41) is 9.08. The van der Waals surface area contributed by atoms with Crippen molar-refractivity contribution in [3.63, 3.8) is 0 Å². The molecule has 3 N–H and O–H groups in total. The SMILES string of the molecule is Cc1c(COc2ccc(CNCCOCCOCCOCCOCCOCCC(=O)NCCNC(=O)C(C)c3ccc(CC(C)C)cc3)cn2)cccc1-c1ccccc1. The highest BCUT2D eigenvalue weighted by Gasteiger charge is 2.15. The lowest BCUT2D eigenvalue weighted by molar-refractivity contribution is -0.124.